The number of aromatic carboxylic acids is 1. The molecular formula is C24H31FN4O4. The highest BCUT2D eigenvalue weighted by Gasteiger charge is 2.42. The van der Waals surface area contributed by atoms with E-state index >= 15 is 0 Å². The van der Waals surface area contributed by atoms with Crippen LogP contribution in [-0.2, 0) is 9.59 Å². The first kappa shape index (κ1) is 23.2. The van der Waals surface area contributed by atoms with Gasteiger partial charge in [0, 0.05) is 35.1 Å². The normalized spacial score (nSPS) is 26.3. The summed E-state index contributed by atoms with van der Waals surface area (Å²) in [6.07, 6.45) is 3.57. The minimum atomic E-state index is -1.05. The standard InChI is InChI=1S/C24H31FN4O4/c1-13-8-9-29(23(31)15-4-2-14(3-5-15)18(26)12-25)21(13)22(30)27-17-6-7-19-16(10-17)11-20(28-19)24(32)33/h6-7,10-11,13-15,18,21,28H,2-5,8-9,12,26H2,1H3,(H,27,30)(H,32,33)/t13-,14?,15?,18+,21-/m0/s1. The molecule has 4 rings (SSSR count). The summed E-state index contributed by atoms with van der Waals surface area (Å²) in [4.78, 5) is 42.2. The van der Waals surface area contributed by atoms with Gasteiger partial charge < -0.3 is 26.0 Å². The average molecular weight is 459 g/mol. The van der Waals surface area contributed by atoms with Crippen LogP contribution in [-0.4, -0.2) is 58.1 Å². The molecule has 0 radical (unpaired) electrons. The Bertz CT molecular complexity index is 1050. The fraction of sp³-hybridized carbons (Fsp3) is 0.542. The predicted molar refractivity (Wildman–Crippen MR) is 123 cm³/mol. The molecule has 2 aliphatic rings. The molecule has 2 fully saturated rings. The summed E-state index contributed by atoms with van der Waals surface area (Å²) in [6, 6.07) is 5.65. The van der Waals surface area contributed by atoms with E-state index in [1.54, 1.807) is 23.1 Å². The van der Waals surface area contributed by atoms with Gasteiger partial charge in [-0.25, -0.2) is 9.18 Å². The summed E-state index contributed by atoms with van der Waals surface area (Å²) in [7, 11) is 0. The molecule has 3 atom stereocenters. The largest absolute Gasteiger partial charge is 0.477 e. The Balaban J connectivity index is 1.43. The maximum Gasteiger partial charge on any atom is 0.352 e. The van der Waals surface area contributed by atoms with Crippen molar-refractivity contribution in [2.45, 2.75) is 51.1 Å². The summed E-state index contributed by atoms with van der Waals surface area (Å²) in [5.74, 6) is -1.31. The van der Waals surface area contributed by atoms with Crippen LogP contribution in [0, 0.1) is 17.8 Å². The van der Waals surface area contributed by atoms with Gasteiger partial charge in [0.1, 0.15) is 18.4 Å². The molecule has 8 nitrogen and oxygen atoms in total. The maximum absolute atomic E-state index is 13.3. The number of H-pyrrole nitrogens is 1. The van der Waals surface area contributed by atoms with Crippen molar-refractivity contribution in [1.29, 1.82) is 0 Å². The summed E-state index contributed by atoms with van der Waals surface area (Å²) >= 11 is 0. The lowest BCUT2D eigenvalue weighted by Crippen LogP contribution is -2.48. The predicted octanol–water partition coefficient (Wildman–Crippen LogP) is 3.14. The number of carbonyl (C=O) groups is 3. The van der Waals surface area contributed by atoms with Gasteiger partial charge in [-0.3, -0.25) is 9.59 Å². The molecule has 0 unspecified atom stereocenters. The SMILES string of the molecule is C[C@H]1CCN(C(=O)C2CCC([C@H](N)CF)CC2)[C@@H]1C(=O)Nc1ccc2[nH]c(C(=O)O)cc2c1. The van der Waals surface area contributed by atoms with Gasteiger partial charge in [-0.05, 0) is 68.2 Å². The molecule has 1 saturated heterocycles. The van der Waals surface area contributed by atoms with Crippen LogP contribution >= 0.6 is 0 Å². The smallest absolute Gasteiger partial charge is 0.352 e. The zero-order valence-corrected chi connectivity index (χ0v) is 18.7. The number of benzene rings is 1. The fourth-order valence-electron chi connectivity index (χ4n) is 5.29. The number of nitrogens with zero attached hydrogens (tertiary/aromatic N) is 1. The molecule has 5 N–H and O–H groups in total. The molecule has 33 heavy (non-hydrogen) atoms. The zero-order chi connectivity index (χ0) is 23.7. The van der Waals surface area contributed by atoms with Crippen molar-refractivity contribution in [2.75, 3.05) is 18.5 Å². The van der Waals surface area contributed by atoms with Crippen LogP contribution < -0.4 is 11.1 Å². The molecule has 1 aromatic carbocycles. The number of carboxylic acids is 1. The van der Waals surface area contributed by atoms with E-state index in [-0.39, 0.29) is 35.3 Å². The number of halogens is 1. The van der Waals surface area contributed by atoms with Crippen molar-refractivity contribution < 1.29 is 23.9 Å². The topological polar surface area (TPSA) is 129 Å². The maximum atomic E-state index is 13.3. The number of aromatic nitrogens is 1. The molecular weight excluding hydrogens is 427 g/mol. The Morgan fingerprint density at radius 2 is 1.94 bits per heavy atom. The molecule has 178 valence electrons. The van der Waals surface area contributed by atoms with Crippen LogP contribution in [0.15, 0.2) is 24.3 Å². The van der Waals surface area contributed by atoms with Crippen molar-refractivity contribution in [3.05, 3.63) is 30.0 Å². The quantitative estimate of drug-likeness (QED) is 0.529. The number of hydrogen-bond acceptors (Lipinski definition) is 4. The second kappa shape index (κ2) is 9.51. The van der Waals surface area contributed by atoms with Crippen LogP contribution in [0.5, 0.6) is 0 Å². The van der Waals surface area contributed by atoms with Gasteiger partial charge >= 0.3 is 5.97 Å². The lowest BCUT2D eigenvalue weighted by atomic mass is 9.78. The van der Waals surface area contributed by atoms with Crippen LogP contribution in [0.4, 0.5) is 10.1 Å². The first-order chi connectivity index (χ1) is 15.8. The number of likely N-dealkylation sites (tertiary alicyclic amines) is 1. The van der Waals surface area contributed by atoms with Gasteiger partial charge in [-0.2, -0.15) is 0 Å². The molecule has 1 aromatic heterocycles. The Morgan fingerprint density at radius 3 is 2.61 bits per heavy atom. The van der Waals surface area contributed by atoms with E-state index in [4.69, 9.17) is 10.8 Å². The van der Waals surface area contributed by atoms with Gasteiger partial charge in [0.25, 0.3) is 0 Å². The Morgan fingerprint density at radius 1 is 1.21 bits per heavy atom. The number of hydrogen-bond donors (Lipinski definition) is 4. The second-order valence-electron chi connectivity index (χ2n) is 9.45. The van der Waals surface area contributed by atoms with Crippen molar-refractivity contribution in [3.63, 3.8) is 0 Å². The molecule has 1 aliphatic carbocycles. The summed E-state index contributed by atoms with van der Waals surface area (Å²) in [5, 5.41) is 12.7. The highest BCUT2D eigenvalue weighted by Crippen LogP contribution is 2.35. The summed E-state index contributed by atoms with van der Waals surface area (Å²) < 4.78 is 12.9. The molecule has 2 aromatic rings. The molecule has 1 saturated carbocycles. The molecule has 9 heteroatoms. The summed E-state index contributed by atoms with van der Waals surface area (Å²) in [5.41, 5.74) is 7.14. The molecule has 1 aliphatic heterocycles. The third kappa shape index (κ3) is 4.73. The number of nitrogens with one attached hydrogen (secondary N) is 2. The van der Waals surface area contributed by atoms with Crippen LogP contribution in [0.25, 0.3) is 10.9 Å². The number of anilines is 1. The molecule has 0 bridgehead atoms. The van der Waals surface area contributed by atoms with Crippen molar-refractivity contribution >= 4 is 34.4 Å². The number of fused-ring (bicyclic) bond motifs is 1. The zero-order valence-electron chi connectivity index (χ0n) is 18.7. The van der Waals surface area contributed by atoms with Crippen molar-refractivity contribution in [3.8, 4) is 0 Å². The number of aromatic amines is 1. The minimum absolute atomic E-state index is 0.000966. The Hall–Kier alpha value is -2.94. The van der Waals surface area contributed by atoms with Gasteiger partial charge in [-0.1, -0.05) is 6.92 Å². The lowest BCUT2D eigenvalue weighted by Gasteiger charge is -2.34. The molecule has 2 heterocycles. The van der Waals surface area contributed by atoms with E-state index in [1.807, 2.05) is 6.92 Å². The minimum Gasteiger partial charge on any atom is -0.477 e. The second-order valence-corrected chi connectivity index (χ2v) is 9.45. The number of amides is 2. The monoisotopic (exact) mass is 458 g/mol. The van der Waals surface area contributed by atoms with E-state index in [2.05, 4.69) is 10.3 Å². The van der Waals surface area contributed by atoms with E-state index in [0.717, 1.165) is 19.3 Å². The third-order valence-corrected chi connectivity index (χ3v) is 7.28. The number of nitrogens with two attached hydrogens (primary N) is 1. The molecule has 2 amide bonds. The fourth-order valence-corrected chi connectivity index (χ4v) is 5.29. The van der Waals surface area contributed by atoms with Gasteiger partial charge in [-0.15, -0.1) is 0 Å². The van der Waals surface area contributed by atoms with E-state index < -0.39 is 24.7 Å². The Labute approximate surface area is 191 Å². The van der Waals surface area contributed by atoms with Gasteiger partial charge in [0.05, 0.1) is 0 Å². The van der Waals surface area contributed by atoms with Crippen LogP contribution in [0.2, 0.25) is 0 Å². The average Bonchev–Trinajstić information content (AvgIpc) is 3.41. The van der Waals surface area contributed by atoms with Crippen molar-refractivity contribution in [2.24, 2.45) is 23.5 Å². The lowest BCUT2D eigenvalue weighted by molar-refractivity contribution is -0.142. The Kier molecular flexibility index (Phi) is 6.69. The highest BCUT2D eigenvalue weighted by molar-refractivity contribution is 6.00. The molecule has 0 spiro atoms. The summed E-state index contributed by atoms with van der Waals surface area (Å²) in [6.45, 7) is 1.98. The third-order valence-electron chi connectivity index (χ3n) is 7.28. The highest BCUT2D eigenvalue weighted by atomic mass is 19.1. The number of alkyl halides is 1. The number of carbonyl (C=O) groups excluding carboxylic acids is 2. The van der Waals surface area contributed by atoms with E-state index in [9.17, 15) is 18.8 Å². The number of rotatable bonds is 6. The van der Waals surface area contributed by atoms with E-state index in [0.29, 0.717) is 36.0 Å². The van der Waals surface area contributed by atoms with Gasteiger partial charge in [0.15, 0.2) is 0 Å². The van der Waals surface area contributed by atoms with E-state index in [1.165, 1.54) is 6.07 Å². The first-order valence-corrected chi connectivity index (χ1v) is 11.6. The van der Waals surface area contributed by atoms with Crippen molar-refractivity contribution in [1.82, 2.24) is 9.88 Å². The van der Waals surface area contributed by atoms with Crippen LogP contribution in [0.1, 0.15) is 49.5 Å². The first-order valence-electron chi connectivity index (χ1n) is 11.6. The van der Waals surface area contributed by atoms with Gasteiger partial charge in [0.2, 0.25) is 11.8 Å². The van der Waals surface area contributed by atoms with Crippen LogP contribution in [0.3, 0.4) is 0 Å². The number of carboxylic acid groups (broad SMARTS) is 1.